The van der Waals surface area contributed by atoms with E-state index in [1.54, 1.807) is 15.9 Å². The Labute approximate surface area is 235 Å². The molecule has 204 valence electrons. The van der Waals surface area contributed by atoms with Gasteiger partial charge < -0.3 is 10.2 Å². The van der Waals surface area contributed by atoms with E-state index in [0.717, 1.165) is 39.6 Å². The number of benzene rings is 4. The lowest BCUT2D eigenvalue weighted by Crippen LogP contribution is -2.54. The van der Waals surface area contributed by atoms with Crippen LogP contribution in [-0.4, -0.2) is 41.2 Å². The zero-order valence-corrected chi connectivity index (χ0v) is 23.3. The summed E-state index contributed by atoms with van der Waals surface area (Å²) in [6, 6.07) is 28.3. The van der Waals surface area contributed by atoms with Crippen LogP contribution >= 0.6 is 0 Å². The maximum atomic E-state index is 14.2. The third-order valence-corrected chi connectivity index (χ3v) is 7.69. The maximum Gasteiger partial charge on any atom is 0.259 e. The summed E-state index contributed by atoms with van der Waals surface area (Å²) in [4.78, 5) is 44.7. The summed E-state index contributed by atoms with van der Waals surface area (Å²) >= 11 is 0. The molecule has 40 heavy (non-hydrogen) atoms. The molecule has 0 aromatic heterocycles. The van der Waals surface area contributed by atoms with Crippen LogP contribution in [0.15, 0.2) is 91.0 Å². The normalized spacial score (nSPS) is 13.8. The van der Waals surface area contributed by atoms with Crippen molar-refractivity contribution >= 4 is 34.2 Å². The average molecular weight is 534 g/mol. The van der Waals surface area contributed by atoms with Gasteiger partial charge in [-0.1, -0.05) is 91.3 Å². The second-order valence-corrected chi connectivity index (χ2v) is 10.6. The van der Waals surface area contributed by atoms with E-state index < -0.39 is 6.04 Å². The highest BCUT2D eigenvalue weighted by atomic mass is 16.2. The van der Waals surface area contributed by atoms with Gasteiger partial charge in [0.15, 0.2) is 0 Å². The summed E-state index contributed by atoms with van der Waals surface area (Å²) < 4.78 is 0. The third-order valence-electron chi connectivity index (χ3n) is 7.69. The Bertz CT molecular complexity index is 1530. The van der Waals surface area contributed by atoms with E-state index in [1.807, 2.05) is 106 Å². The molecular formula is C34H35N3O3. The number of nitrogens with one attached hydrogen (secondary N) is 1. The second kappa shape index (κ2) is 11.7. The van der Waals surface area contributed by atoms with E-state index in [0.29, 0.717) is 12.0 Å². The molecule has 1 N–H and O–H groups in total. The van der Waals surface area contributed by atoms with Gasteiger partial charge in [0, 0.05) is 30.0 Å². The lowest BCUT2D eigenvalue weighted by Gasteiger charge is -2.33. The first-order valence-electron chi connectivity index (χ1n) is 13.9. The van der Waals surface area contributed by atoms with Crippen molar-refractivity contribution in [1.29, 1.82) is 0 Å². The van der Waals surface area contributed by atoms with Crippen LogP contribution in [0.25, 0.3) is 10.8 Å². The molecule has 0 spiro atoms. The van der Waals surface area contributed by atoms with E-state index >= 15 is 0 Å². The molecule has 3 amide bonds. The summed E-state index contributed by atoms with van der Waals surface area (Å²) in [7, 11) is 0. The molecule has 0 radical (unpaired) electrons. The van der Waals surface area contributed by atoms with Crippen molar-refractivity contribution < 1.29 is 14.4 Å². The smallest absolute Gasteiger partial charge is 0.259 e. The van der Waals surface area contributed by atoms with E-state index in [4.69, 9.17) is 0 Å². The zero-order chi connectivity index (χ0) is 28.2. The molecule has 6 nitrogen and oxygen atoms in total. The van der Waals surface area contributed by atoms with Crippen molar-refractivity contribution in [1.82, 2.24) is 10.2 Å². The van der Waals surface area contributed by atoms with Crippen molar-refractivity contribution in [2.24, 2.45) is 0 Å². The average Bonchev–Trinajstić information content (AvgIpc) is 3.24. The summed E-state index contributed by atoms with van der Waals surface area (Å²) in [5, 5.41) is 4.93. The molecule has 4 aromatic carbocycles. The van der Waals surface area contributed by atoms with Gasteiger partial charge in [0.25, 0.3) is 5.91 Å². The summed E-state index contributed by atoms with van der Waals surface area (Å²) in [5.41, 5.74) is 4.33. The van der Waals surface area contributed by atoms with E-state index in [1.165, 1.54) is 0 Å². The minimum absolute atomic E-state index is 0.0330. The van der Waals surface area contributed by atoms with Gasteiger partial charge in [-0.25, -0.2) is 0 Å². The number of rotatable bonds is 10. The van der Waals surface area contributed by atoms with E-state index in [-0.39, 0.29) is 36.9 Å². The van der Waals surface area contributed by atoms with Crippen LogP contribution in [0.1, 0.15) is 47.3 Å². The Hall–Kier alpha value is -4.45. The summed E-state index contributed by atoms with van der Waals surface area (Å²) in [5.74, 6) is -0.671. The monoisotopic (exact) mass is 533 g/mol. The Balaban J connectivity index is 1.51. The van der Waals surface area contributed by atoms with Crippen LogP contribution in [-0.2, 0) is 22.6 Å². The molecule has 1 heterocycles. The van der Waals surface area contributed by atoms with Crippen molar-refractivity contribution in [2.45, 2.75) is 52.2 Å². The number of amides is 3. The molecule has 5 rings (SSSR count). The van der Waals surface area contributed by atoms with E-state index in [9.17, 15) is 14.4 Å². The minimum atomic E-state index is -0.749. The fraction of sp³-hybridized carbons (Fsp3) is 0.265. The molecule has 1 aliphatic rings. The number of hydrogen-bond donors (Lipinski definition) is 1. The van der Waals surface area contributed by atoms with Crippen LogP contribution in [0.2, 0.25) is 0 Å². The lowest BCUT2D eigenvalue weighted by molar-refractivity contribution is -0.140. The third kappa shape index (κ3) is 5.62. The molecule has 4 aromatic rings. The zero-order valence-electron chi connectivity index (χ0n) is 23.3. The van der Waals surface area contributed by atoms with Crippen LogP contribution in [0.4, 0.5) is 5.69 Å². The van der Waals surface area contributed by atoms with Gasteiger partial charge in [0.1, 0.15) is 12.6 Å². The van der Waals surface area contributed by atoms with Crippen LogP contribution in [0.3, 0.4) is 0 Å². The SMILES string of the molecule is CC[C@@H](C)NC(=O)[C@@H](Cc1ccccc1)N(Cc1ccc(C)cc1)C(=O)CN1C(=O)c2cccc3cccc1c23. The highest BCUT2D eigenvalue weighted by Crippen LogP contribution is 2.37. The predicted octanol–water partition coefficient (Wildman–Crippen LogP) is 5.66. The van der Waals surface area contributed by atoms with Gasteiger partial charge in [-0.2, -0.15) is 0 Å². The topological polar surface area (TPSA) is 69.7 Å². The molecule has 0 bridgehead atoms. The van der Waals surface area contributed by atoms with Crippen molar-refractivity contribution in [3.05, 3.63) is 113 Å². The Morgan fingerprint density at radius 3 is 2.27 bits per heavy atom. The number of carbonyl (C=O) groups is 3. The van der Waals surface area contributed by atoms with Crippen LogP contribution in [0, 0.1) is 6.92 Å². The fourth-order valence-corrected chi connectivity index (χ4v) is 5.25. The molecule has 0 saturated heterocycles. The van der Waals surface area contributed by atoms with Crippen LogP contribution < -0.4 is 10.2 Å². The molecule has 0 unspecified atom stereocenters. The van der Waals surface area contributed by atoms with E-state index in [2.05, 4.69) is 5.32 Å². The summed E-state index contributed by atoms with van der Waals surface area (Å²) in [6.45, 7) is 6.10. The van der Waals surface area contributed by atoms with Gasteiger partial charge in [0.2, 0.25) is 11.8 Å². The van der Waals surface area contributed by atoms with Gasteiger partial charge >= 0.3 is 0 Å². The molecule has 0 saturated carbocycles. The Morgan fingerprint density at radius 1 is 0.875 bits per heavy atom. The predicted molar refractivity (Wildman–Crippen MR) is 159 cm³/mol. The first-order chi connectivity index (χ1) is 19.4. The molecule has 6 heteroatoms. The maximum absolute atomic E-state index is 14.2. The van der Waals surface area contributed by atoms with Gasteiger partial charge in [-0.15, -0.1) is 0 Å². The number of anilines is 1. The van der Waals surface area contributed by atoms with Crippen molar-refractivity contribution in [2.75, 3.05) is 11.4 Å². The highest BCUT2D eigenvalue weighted by molar-refractivity contribution is 6.26. The van der Waals surface area contributed by atoms with Crippen LogP contribution in [0.5, 0.6) is 0 Å². The van der Waals surface area contributed by atoms with Gasteiger partial charge in [0.05, 0.1) is 5.69 Å². The van der Waals surface area contributed by atoms with Crippen molar-refractivity contribution in [3.8, 4) is 0 Å². The standard InChI is InChI=1S/C34H35N3O3/c1-4-24(3)35-33(39)30(20-25-10-6-5-7-11-25)36(21-26-18-16-23(2)17-19-26)31(38)22-37-29-15-9-13-27-12-8-14-28(32(27)29)34(37)40/h5-19,24,30H,4,20-22H2,1-3H3,(H,35,39)/t24-,30-/m1/s1. The number of hydrogen-bond acceptors (Lipinski definition) is 3. The fourth-order valence-electron chi connectivity index (χ4n) is 5.25. The molecule has 2 atom stereocenters. The first-order valence-corrected chi connectivity index (χ1v) is 13.9. The second-order valence-electron chi connectivity index (χ2n) is 10.6. The van der Waals surface area contributed by atoms with Gasteiger partial charge in [-0.05, 0) is 48.9 Å². The Morgan fingerprint density at radius 2 is 1.57 bits per heavy atom. The van der Waals surface area contributed by atoms with Crippen molar-refractivity contribution in [3.63, 3.8) is 0 Å². The quantitative estimate of drug-likeness (QED) is 0.286. The Kier molecular flexibility index (Phi) is 7.96. The van der Waals surface area contributed by atoms with Gasteiger partial charge in [-0.3, -0.25) is 19.3 Å². The molecule has 0 fully saturated rings. The number of carbonyl (C=O) groups excluding carboxylic acids is 3. The molecule has 1 aliphatic heterocycles. The highest BCUT2D eigenvalue weighted by Gasteiger charge is 2.36. The first kappa shape index (κ1) is 27.1. The minimum Gasteiger partial charge on any atom is -0.352 e. The number of nitrogens with zero attached hydrogens (tertiary/aromatic N) is 2. The lowest BCUT2D eigenvalue weighted by atomic mass is 10.0. The largest absolute Gasteiger partial charge is 0.352 e. The molecule has 0 aliphatic carbocycles. The number of aryl methyl sites for hydroxylation is 1. The molecular weight excluding hydrogens is 498 g/mol. The summed E-state index contributed by atoms with van der Waals surface area (Å²) in [6.07, 6.45) is 1.14.